The van der Waals surface area contributed by atoms with Crippen molar-refractivity contribution in [3.05, 3.63) is 36.7 Å². The molecule has 3 nitrogen and oxygen atoms in total. The lowest BCUT2D eigenvalue weighted by atomic mass is 10.1. The minimum Gasteiger partial charge on any atom is -0.323 e. The highest BCUT2D eigenvalue weighted by atomic mass is 79.9. The Balaban J connectivity index is 2.25. The molecule has 2 aromatic heterocycles. The van der Waals surface area contributed by atoms with E-state index >= 15 is 0 Å². The molecule has 0 amide bonds. The Kier molecular flexibility index (Phi) is 5.22. The van der Waals surface area contributed by atoms with E-state index in [2.05, 4.69) is 56.9 Å². The minimum atomic E-state index is 0.0132. The lowest BCUT2D eigenvalue weighted by molar-refractivity contribution is 0.587. The molecule has 2 aromatic rings. The van der Waals surface area contributed by atoms with Gasteiger partial charge in [-0.3, -0.25) is 4.68 Å². The van der Waals surface area contributed by atoms with Crippen molar-refractivity contribution in [2.75, 3.05) is 0 Å². The van der Waals surface area contributed by atoms with Gasteiger partial charge in [-0.15, -0.1) is 11.3 Å². The maximum atomic E-state index is 6.31. The molecule has 0 aliphatic carbocycles. The number of nitrogens with two attached hydrogens (primary N) is 1. The molecule has 0 radical (unpaired) electrons. The molecule has 1 unspecified atom stereocenters. The maximum absolute atomic E-state index is 6.31. The predicted octanol–water partition coefficient (Wildman–Crippen LogP) is 4.29. The molecular weight excluding hydrogens is 390 g/mol. The van der Waals surface area contributed by atoms with Gasteiger partial charge < -0.3 is 5.73 Å². The fraction of sp³-hybridized carbons (Fsp3) is 0.462. The third-order valence-corrected chi connectivity index (χ3v) is 5.74. The van der Waals surface area contributed by atoms with Gasteiger partial charge in [0.1, 0.15) is 0 Å². The molecule has 0 aromatic carbocycles. The molecule has 6 heteroatoms. The summed E-state index contributed by atoms with van der Waals surface area (Å²) >= 11 is 8.84. The Morgan fingerprint density at radius 3 is 2.63 bits per heavy atom. The number of halogens is 2. The van der Waals surface area contributed by atoms with Crippen molar-refractivity contribution < 1.29 is 0 Å². The Morgan fingerprint density at radius 1 is 1.37 bits per heavy atom. The van der Waals surface area contributed by atoms with Gasteiger partial charge in [-0.1, -0.05) is 6.92 Å². The third kappa shape index (κ3) is 3.29. The summed E-state index contributed by atoms with van der Waals surface area (Å²) in [4.78, 5) is 1.20. The smallest absolute Gasteiger partial charge is 0.0766 e. The summed E-state index contributed by atoms with van der Waals surface area (Å²) in [7, 11) is 0. The zero-order chi connectivity index (χ0) is 14.0. The summed E-state index contributed by atoms with van der Waals surface area (Å²) in [6.45, 7) is 5.09. The SMILES string of the molecule is CCc1nn(CC)c(CC(N)c2ccc(Br)s2)c1Br. The molecule has 0 aliphatic rings. The molecule has 0 saturated heterocycles. The minimum absolute atomic E-state index is 0.0132. The standard InChI is InChI=1S/C13H17Br2N3S/c1-3-9-13(15)10(18(4-2)17-9)7-8(16)11-5-6-12(14)19-11/h5-6,8H,3-4,7,16H2,1-2H3. The van der Waals surface area contributed by atoms with Crippen LogP contribution >= 0.6 is 43.2 Å². The number of thiophene rings is 1. The van der Waals surface area contributed by atoms with Gasteiger partial charge in [0.25, 0.3) is 0 Å². The van der Waals surface area contributed by atoms with E-state index in [-0.39, 0.29) is 6.04 Å². The highest BCUT2D eigenvalue weighted by molar-refractivity contribution is 9.11. The van der Waals surface area contributed by atoms with Crippen LogP contribution < -0.4 is 5.73 Å². The van der Waals surface area contributed by atoms with Crippen LogP contribution in [-0.2, 0) is 19.4 Å². The lowest BCUT2D eigenvalue weighted by Gasteiger charge is -2.11. The highest BCUT2D eigenvalue weighted by Gasteiger charge is 2.18. The fourth-order valence-electron chi connectivity index (χ4n) is 2.05. The van der Waals surface area contributed by atoms with Gasteiger partial charge in [0.2, 0.25) is 0 Å². The fourth-order valence-corrected chi connectivity index (χ4v) is 4.20. The monoisotopic (exact) mass is 405 g/mol. The topological polar surface area (TPSA) is 43.8 Å². The largest absolute Gasteiger partial charge is 0.323 e. The number of nitrogens with zero attached hydrogens (tertiary/aromatic N) is 2. The Bertz CT molecular complexity index is 562. The predicted molar refractivity (Wildman–Crippen MR) is 87.6 cm³/mol. The van der Waals surface area contributed by atoms with Crippen molar-refractivity contribution in [3.63, 3.8) is 0 Å². The third-order valence-electron chi connectivity index (χ3n) is 3.07. The summed E-state index contributed by atoms with van der Waals surface area (Å²) in [6.07, 6.45) is 1.73. The number of hydrogen-bond acceptors (Lipinski definition) is 3. The van der Waals surface area contributed by atoms with Crippen LogP contribution in [0.15, 0.2) is 20.4 Å². The normalized spacial score (nSPS) is 12.9. The van der Waals surface area contributed by atoms with Crippen LogP contribution in [0, 0.1) is 0 Å². The van der Waals surface area contributed by atoms with Crippen molar-refractivity contribution >= 4 is 43.2 Å². The van der Waals surface area contributed by atoms with E-state index < -0.39 is 0 Å². The quantitative estimate of drug-likeness (QED) is 0.804. The van der Waals surface area contributed by atoms with Crippen LogP contribution in [0.4, 0.5) is 0 Å². The molecule has 0 saturated carbocycles. The average Bonchev–Trinajstić information content (AvgIpc) is 2.95. The summed E-state index contributed by atoms with van der Waals surface area (Å²) in [5.74, 6) is 0. The van der Waals surface area contributed by atoms with Gasteiger partial charge in [-0.2, -0.15) is 5.10 Å². The maximum Gasteiger partial charge on any atom is 0.0766 e. The molecule has 0 fully saturated rings. The van der Waals surface area contributed by atoms with Crippen LogP contribution in [0.3, 0.4) is 0 Å². The highest BCUT2D eigenvalue weighted by Crippen LogP contribution is 2.30. The van der Waals surface area contributed by atoms with E-state index in [0.717, 1.165) is 33.3 Å². The Labute approximate surface area is 134 Å². The van der Waals surface area contributed by atoms with Gasteiger partial charge >= 0.3 is 0 Å². The number of aromatic nitrogens is 2. The number of rotatable bonds is 5. The summed E-state index contributed by atoms with van der Waals surface area (Å²) in [5, 5.41) is 4.61. The van der Waals surface area contributed by atoms with E-state index in [0.29, 0.717) is 0 Å². The molecular formula is C13H17Br2N3S. The average molecular weight is 407 g/mol. The van der Waals surface area contributed by atoms with E-state index in [4.69, 9.17) is 5.73 Å². The van der Waals surface area contributed by atoms with Crippen LogP contribution in [0.1, 0.15) is 36.2 Å². The van der Waals surface area contributed by atoms with Gasteiger partial charge in [-0.05, 0) is 57.3 Å². The molecule has 2 heterocycles. The van der Waals surface area contributed by atoms with Crippen molar-refractivity contribution in [1.82, 2.24) is 9.78 Å². The second kappa shape index (κ2) is 6.52. The van der Waals surface area contributed by atoms with Gasteiger partial charge in [-0.25, -0.2) is 0 Å². The van der Waals surface area contributed by atoms with Crippen LogP contribution in [-0.4, -0.2) is 9.78 Å². The van der Waals surface area contributed by atoms with E-state index in [1.165, 1.54) is 10.6 Å². The van der Waals surface area contributed by atoms with Crippen molar-refractivity contribution in [3.8, 4) is 0 Å². The number of hydrogen-bond donors (Lipinski definition) is 1. The van der Waals surface area contributed by atoms with Crippen LogP contribution in [0.2, 0.25) is 0 Å². The molecule has 1 atom stereocenters. The molecule has 2 rings (SSSR count). The zero-order valence-corrected chi connectivity index (χ0v) is 15.0. The second-order valence-electron chi connectivity index (χ2n) is 4.33. The molecule has 0 bridgehead atoms. The first-order valence-electron chi connectivity index (χ1n) is 6.31. The van der Waals surface area contributed by atoms with Gasteiger partial charge in [0.15, 0.2) is 0 Å². The van der Waals surface area contributed by atoms with Crippen LogP contribution in [0.25, 0.3) is 0 Å². The zero-order valence-electron chi connectivity index (χ0n) is 11.0. The first-order chi connectivity index (χ1) is 9.06. The first kappa shape index (κ1) is 15.2. The molecule has 2 N–H and O–H groups in total. The van der Waals surface area contributed by atoms with E-state index in [9.17, 15) is 0 Å². The lowest BCUT2D eigenvalue weighted by Crippen LogP contribution is -2.15. The summed E-state index contributed by atoms with van der Waals surface area (Å²) in [5.41, 5.74) is 8.61. The van der Waals surface area contributed by atoms with Crippen molar-refractivity contribution in [2.45, 2.75) is 39.3 Å². The van der Waals surface area contributed by atoms with Gasteiger partial charge in [0.05, 0.1) is 19.6 Å². The first-order valence-corrected chi connectivity index (χ1v) is 8.71. The second-order valence-corrected chi connectivity index (χ2v) is 7.62. The summed E-state index contributed by atoms with van der Waals surface area (Å²) in [6, 6.07) is 4.14. The molecule has 0 aliphatic heterocycles. The van der Waals surface area contributed by atoms with Crippen molar-refractivity contribution in [2.24, 2.45) is 5.73 Å². The Hall–Kier alpha value is -0.170. The molecule has 104 valence electrons. The summed E-state index contributed by atoms with van der Waals surface area (Å²) < 4.78 is 4.28. The molecule has 0 spiro atoms. The van der Waals surface area contributed by atoms with Gasteiger partial charge in [0, 0.05) is 23.9 Å². The molecule has 19 heavy (non-hydrogen) atoms. The number of aryl methyl sites for hydroxylation is 2. The van der Waals surface area contributed by atoms with E-state index in [1.807, 2.05) is 10.7 Å². The van der Waals surface area contributed by atoms with Crippen molar-refractivity contribution in [1.29, 1.82) is 0 Å². The van der Waals surface area contributed by atoms with E-state index in [1.54, 1.807) is 11.3 Å². The Morgan fingerprint density at radius 2 is 2.11 bits per heavy atom. The van der Waals surface area contributed by atoms with Crippen LogP contribution in [0.5, 0.6) is 0 Å².